The van der Waals surface area contributed by atoms with Crippen molar-refractivity contribution >= 4 is 28.5 Å². The van der Waals surface area contributed by atoms with Crippen LogP contribution in [0, 0.1) is 5.82 Å². The molecular formula is C14H10BrFO2. The maximum Gasteiger partial charge on any atom is 0.236 e. The van der Waals surface area contributed by atoms with E-state index >= 15 is 0 Å². The van der Waals surface area contributed by atoms with Crippen molar-refractivity contribution < 1.29 is 14.0 Å². The first-order valence-electron chi connectivity index (χ1n) is 5.09. The van der Waals surface area contributed by atoms with Crippen molar-refractivity contribution in [3.05, 3.63) is 71.5 Å². The molecule has 0 N–H and O–H groups in total. The summed E-state index contributed by atoms with van der Waals surface area (Å²) in [6, 6.07) is 13.6. The Labute approximate surface area is 114 Å². The van der Waals surface area contributed by atoms with Crippen molar-refractivity contribution in [3.8, 4) is 0 Å². The van der Waals surface area contributed by atoms with Gasteiger partial charge in [0.15, 0.2) is 0 Å². The lowest BCUT2D eigenvalue weighted by molar-refractivity contribution is 0.0814. The molecule has 0 bridgehead atoms. The van der Waals surface area contributed by atoms with Crippen LogP contribution < -0.4 is 0 Å². The lowest BCUT2D eigenvalue weighted by Crippen LogP contribution is -2.15. The Hall–Kier alpha value is -1.81. The Balaban J connectivity index is 0.00000162. The van der Waals surface area contributed by atoms with Crippen LogP contribution >= 0.6 is 17.0 Å². The molecule has 0 amide bonds. The van der Waals surface area contributed by atoms with E-state index in [4.69, 9.17) is 0 Å². The van der Waals surface area contributed by atoms with Crippen LogP contribution in [0.1, 0.15) is 20.7 Å². The molecule has 2 aromatic rings. The molecule has 0 heterocycles. The summed E-state index contributed by atoms with van der Waals surface area (Å²) in [6.45, 7) is 0. The molecule has 92 valence electrons. The predicted molar refractivity (Wildman–Crippen MR) is 71.8 cm³/mol. The monoisotopic (exact) mass is 308 g/mol. The summed E-state index contributed by atoms with van der Waals surface area (Å²) in [6.07, 6.45) is 0. The van der Waals surface area contributed by atoms with E-state index in [1.807, 2.05) is 0 Å². The SMILES string of the molecule is Br.O=C(C(=O)c1ccccc1F)c1ccccc1. The highest BCUT2D eigenvalue weighted by molar-refractivity contribution is 8.93. The molecule has 0 aliphatic carbocycles. The number of benzene rings is 2. The molecule has 18 heavy (non-hydrogen) atoms. The number of Topliss-reactive ketones (excluding diaryl/α,β-unsaturated/α-hetero) is 2. The van der Waals surface area contributed by atoms with E-state index in [0.29, 0.717) is 0 Å². The fourth-order valence-corrected chi connectivity index (χ4v) is 1.49. The van der Waals surface area contributed by atoms with Crippen molar-refractivity contribution in [2.24, 2.45) is 0 Å². The van der Waals surface area contributed by atoms with Gasteiger partial charge in [0, 0.05) is 5.56 Å². The number of rotatable bonds is 3. The van der Waals surface area contributed by atoms with Crippen LogP contribution in [-0.2, 0) is 0 Å². The summed E-state index contributed by atoms with van der Waals surface area (Å²) in [5, 5.41) is 0. The average molecular weight is 309 g/mol. The van der Waals surface area contributed by atoms with Gasteiger partial charge in [0.05, 0.1) is 5.56 Å². The van der Waals surface area contributed by atoms with Crippen LogP contribution in [0.4, 0.5) is 4.39 Å². The molecule has 0 fully saturated rings. The molecule has 2 nitrogen and oxygen atoms in total. The van der Waals surface area contributed by atoms with Crippen LogP contribution in [0.2, 0.25) is 0 Å². The number of carbonyl (C=O) groups excluding carboxylic acids is 2. The molecule has 0 atom stereocenters. The molecule has 0 radical (unpaired) electrons. The molecular weight excluding hydrogens is 299 g/mol. The summed E-state index contributed by atoms with van der Waals surface area (Å²) in [5.74, 6) is -2.20. The number of hydrogen-bond acceptors (Lipinski definition) is 2. The van der Waals surface area contributed by atoms with Crippen LogP contribution in [0.3, 0.4) is 0 Å². The van der Waals surface area contributed by atoms with Crippen LogP contribution in [0.15, 0.2) is 54.6 Å². The zero-order valence-electron chi connectivity index (χ0n) is 9.30. The first-order valence-corrected chi connectivity index (χ1v) is 5.09. The summed E-state index contributed by atoms with van der Waals surface area (Å²) in [5.41, 5.74) is 0.0714. The maximum absolute atomic E-state index is 13.3. The second-order valence-electron chi connectivity index (χ2n) is 3.50. The molecule has 0 aliphatic heterocycles. The fourth-order valence-electron chi connectivity index (χ4n) is 1.49. The zero-order valence-corrected chi connectivity index (χ0v) is 11.0. The van der Waals surface area contributed by atoms with E-state index in [9.17, 15) is 14.0 Å². The van der Waals surface area contributed by atoms with Crippen LogP contribution in [0.25, 0.3) is 0 Å². The highest BCUT2D eigenvalue weighted by Gasteiger charge is 2.20. The van der Waals surface area contributed by atoms with Crippen molar-refractivity contribution in [2.45, 2.75) is 0 Å². The van der Waals surface area contributed by atoms with E-state index < -0.39 is 17.4 Å². The normalized spacial score (nSPS) is 9.39. The van der Waals surface area contributed by atoms with Gasteiger partial charge in [-0.25, -0.2) is 4.39 Å². The van der Waals surface area contributed by atoms with Crippen molar-refractivity contribution in [1.82, 2.24) is 0 Å². The minimum Gasteiger partial charge on any atom is -0.285 e. The van der Waals surface area contributed by atoms with Gasteiger partial charge in [-0.2, -0.15) is 0 Å². The van der Waals surface area contributed by atoms with Crippen molar-refractivity contribution in [1.29, 1.82) is 0 Å². The third kappa shape index (κ3) is 2.90. The van der Waals surface area contributed by atoms with Gasteiger partial charge in [0.1, 0.15) is 5.82 Å². The van der Waals surface area contributed by atoms with Gasteiger partial charge in [-0.15, -0.1) is 17.0 Å². The Kier molecular flexibility index (Phi) is 4.92. The van der Waals surface area contributed by atoms with E-state index in [0.717, 1.165) is 6.07 Å². The quantitative estimate of drug-likeness (QED) is 0.642. The number of carbonyl (C=O) groups is 2. The van der Waals surface area contributed by atoms with Crippen LogP contribution in [0.5, 0.6) is 0 Å². The minimum absolute atomic E-state index is 0. The predicted octanol–water partition coefficient (Wildman–Crippen LogP) is 3.47. The third-order valence-corrected chi connectivity index (χ3v) is 2.36. The van der Waals surface area contributed by atoms with Crippen molar-refractivity contribution in [2.75, 3.05) is 0 Å². The maximum atomic E-state index is 13.3. The topological polar surface area (TPSA) is 34.1 Å². The van der Waals surface area contributed by atoms with Gasteiger partial charge in [0.2, 0.25) is 11.6 Å². The summed E-state index contributed by atoms with van der Waals surface area (Å²) in [4.78, 5) is 23.6. The van der Waals surface area contributed by atoms with Gasteiger partial charge in [-0.05, 0) is 12.1 Å². The Bertz CT molecular complexity index is 567. The standard InChI is InChI=1S/C14H9FO2.BrH/c15-12-9-5-4-8-11(12)14(17)13(16)10-6-2-1-3-7-10;/h1-9H;1H. The second kappa shape index (κ2) is 6.21. The Morgan fingerprint density at radius 3 is 1.94 bits per heavy atom. The first kappa shape index (κ1) is 14.3. The molecule has 2 aromatic carbocycles. The Morgan fingerprint density at radius 2 is 1.33 bits per heavy atom. The average Bonchev–Trinajstić information content (AvgIpc) is 2.39. The summed E-state index contributed by atoms with van der Waals surface area (Å²) >= 11 is 0. The van der Waals surface area contributed by atoms with E-state index in [1.54, 1.807) is 18.2 Å². The molecule has 4 heteroatoms. The van der Waals surface area contributed by atoms with Gasteiger partial charge in [-0.1, -0.05) is 42.5 Å². The molecule has 0 unspecified atom stereocenters. The molecule has 0 aromatic heterocycles. The summed E-state index contributed by atoms with van der Waals surface area (Å²) in [7, 11) is 0. The number of ketones is 2. The number of halogens is 2. The summed E-state index contributed by atoms with van der Waals surface area (Å²) < 4.78 is 13.3. The lowest BCUT2D eigenvalue weighted by Gasteiger charge is -2.01. The zero-order chi connectivity index (χ0) is 12.3. The van der Waals surface area contributed by atoms with Gasteiger partial charge in [-0.3, -0.25) is 9.59 Å². The lowest BCUT2D eigenvalue weighted by atomic mass is 10.0. The first-order chi connectivity index (χ1) is 8.20. The molecule has 0 spiro atoms. The van der Waals surface area contributed by atoms with E-state index in [1.165, 1.54) is 30.3 Å². The third-order valence-electron chi connectivity index (χ3n) is 2.36. The molecule has 0 saturated carbocycles. The largest absolute Gasteiger partial charge is 0.285 e. The second-order valence-corrected chi connectivity index (χ2v) is 3.50. The van der Waals surface area contributed by atoms with E-state index in [-0.39, 0.29) is 28.1 Å². The number of hydrogen-bond donors (Lipinski definition) is 0. The van der Waals surface area contributed by atoms with Gasteiger partial charge >= 0.3 is 0 Å². The smallest absolute Gasteiger partial charge is 0.236 e. The Morgan fingerprint density at radius 1 is 0.778 bits per heavy atom. The van der Waals surface area contributed by atoms with Gasteiger partial charge < -0.3 is 0 Å². The minimum atomic E-state index is -0.825. The van der Waals surface area contributed by atoms with Crippen molar-refractivity contribution in [3.63, 3.8) is 0 Å². The van der Waals surface area contributed by atoms with Gasteiger partial charge in [0.25, 0.3) is 0 Å². The highest BCUT2D eigenvalue weighted by Crippen LogP contribution is 2.11. The van der Waals surface area contributed by atoms with Crippen LogP contribution in [-0.4, -0.2) is 11.6 Å². The molecule has 0 aliphatic rings. The highest BCUT2D eigenvalue weighted by atomic mass is 79.9. The fraction of sp³-hybridized carbons (Fsp3) is 0. The van der Waals surface area contributed by atoms with E-state index in [2.05, 4.69) is 0 Å². The molecule has 2 rings (SSSR count). The molecule has 0 saturated heterocycles.